The Morgan fingerprint density at radius 3 is 1.88 bits per heavy atom. The molecule has 1 aromatic heterocycles. The normalized spacial score (nSPS) is 18.8. The van der Waals surface area contributed by atoms with E-state index < -0.39 is 35.5 Å². The van der Waals surface area contributed by atoms with E-state index in [1.807, 2.05) is 4.98 Å². The number of rotatable bonds is 23. The Hall–Kier alpha value is -2.00. The highest BCUT2D eigenvalue weighted by atomic mass is 19.1. The van der Waals surface area contributed by atoms with Crippen LogP contribution in [0.4, 0.5) is 4.39 Å². The molecular formula is C31H53FN2O6. The molecule has 1 aliphatic rings. The number of carbonyl (C=O) groups excluding carboxylic acids is 1. The van der Waals surface area contributed by atoms with Crippen molar-refractivity contribution >= 4 is 5.97 Å². The van der Waals surface area contributed by atoms with Crippen LogP contribution in [0.15, 0.2) is 15.8 Å². The summed E-state index contributed by atoms with van der Waals surface area (Å²) in [5, 5.41) is 10.2. The van der Waals surface area contributed by atoms with Crippen LogP contribution in [0.25, 0.3) is 0 Å². The van der Waals surface area contributed by atoms with Crippen LogP contribution in [-0.2, 0) is 14.3 Å². The number of ether oxygens (including phenoxy) is 2. The van der Waals surface area contributed by atoms with Crippen LogP contribution < -0.4 is 11.2 Å². The fraction of sp³-hybridized carbons (Fsp3) is 0.839. The number of nitrogens with zero attached hydrogens (tertiary/aromatic N) is 1. The molecule has 2 heterocycles. The quantitative estimate of drug-likeness (QED) is 0.112. The van der Waals surface area contributed by atoms with Crippen LogP contribution in [0, 0.1) is 5.82 Å². The van der Waals surface area contributed by atoms with Gasteiger partial charge in [0.05, 0.1) is 12.3 Å². The molecule has 3 atom stereocenters. The maximum atomic E-state index is 13.5. The van der Waals surface area contributed by atoms with Gasteiger partial charge in [-0.3, -0.25) is 19.1 Å². The van der Waals surface area contributed by atoms with E-state index in [4.69, 9.17) is 9.47 Å². The Balaban J connectivity index is 1.38. The number of esters is 1. The highest BCUT2D eigenvalue weighted by molar-refractivity contribution is 5.69. The standard InChI is InChI=1S/C31H53FN2O6/c1-2-3-4-5-6-7-8-9-10-11-12-13-14-15-16-17-18-19-20-21-29(36)39-24-27-26(35)22-28(40-27)34-23-25(32)30(37)33-31(34)38/h23,26-28,35H,2-22,24H2,1H3,(H,33,37,38)/t26?,27-,28-/m0/s1. The molecule has 1 fully saturated rings. The second-order valence-corrected chi connectivity index (χ2v) is 11.4. The lowest BCUT2D eigenvalue weighted by molar-refractivity contribution is -0.150. The third-order valence-electron chi connectivity index (χ3n) is 7.83. The van der Waals surface area contributed by atoms with Gasteiger partial charge in [0.2, 0.25) is 5.82 Å². The maximum absolute atomic E-state index is 13.5. The summed E-state index contributed by atoms with van der Waals surface area (Å²) in [6, 6.07) is 0. The second-order valence-electron chi connectivity index (χ2n) is 11.4. The van der Waals surface area contributed by atoms with Gasteiger partial charge >= 0.3 is 11.7 Å². The molecule has 1 aromatic rings. The lowest BCUT2D eigenvalue weighted by Gasteiger charge is -2.16. The molecule has 1 unspecified atom stereocenters. The monoisotopic (exact) mass is 568 g/mol. The first-order valence-electron chi connectivity index (χ1n) is 15.9. The predicted octanol–water partition coefficient (Wildman–Crippen LogP) is 6.69. The summed E-state index contributed by atoms with van der Waals surface area (Å²) in [6.45, 7) is 2.13. The Labute approximate surface area is 239 Å². The topological polar surface area (TPSA) is 111 Å². The minimum absolute atomic E-state index is 0.0208. The SMILES string of the molecule is CCCCCCCCCCCCCCCCCCCCCC(=O)OC[C@@H]1O[C@H](n2cc(F)c(=O)[nH]c2=O)CC1O. The summed E-state index contributed by atoms with van der Waals surface area (Å²) in [6.07, 6.45) is 23.0. The average molecular weight is 569 g/mol. The number of hydrogen-bond donors (Lipinski definition) is 2. The molecular weight excluding hydrogens is 515 g/mol. The van der Waals surface area contributed by atoms with Crippen LogP contribution in [0.3, 0.4) is 0 Å². The van der Waals surface area contributed by atoms with Crippen molar-refractivity contribution in [3.05, 3.63) is 32.9 Å². The summed E-state index contributed by atoms with van der Waals surface area (Å²) >= 11 is 0. The van der Waals surface area contributed by atoms with E-state index in [0.29, 0.717) is 6.42 Å². The van der Waals surface area contributed by atoms with Gasteiger partial charge in [-0.1, -0.05) is 122 Å². The number of unbranched alkanes of at least 4 members (excludes halogenated alkanes) is 18. The Bertz CT molecular complexity index is 933. The van der Waals surface area contributed by atoms with Gasteiger partial charge < -0.3 is 14.6 Å². The third kappa shape index (κ3) is 14.1. The van der Waals surface area contributed by atoms with Gasteiger partial charge in [0.25, 0.3) is 5.56 Å². The molecule has 0 radical (unpaired) electrons. The molecule has 9 heteroatoms. The zero-order valence-electron chi connectivity index (χ0n) is 24.7. The predicted molar refractivity (Wildman–Crippen MR) is 155 cm³/mol. The Morgan fingerprint density at radius 1 is 0.900 bits per heavy atom. The van der Waals surface area contributed by atoms with Crippen molar-refractivity contribution in [1.29, 1.82) is 0 Å². The average Bonchev–Trinajstić information content (AvgIpc) is 3.30. The van der Waals surface area contributed by atoms with E-state index in [9.17, 15) is 23.9 Å². The third-order valence-corrected chi connectivity index (χ3v) is 7.83. The molecule has 0 amide bonds. The molecule has 0 spiro atoms. The van der Waals surface area contributed by atoms with Crippen molar-refractivity contribution in [2.45, 2.75) is 160 Å². The van der Waals surface area contributed by atoms with Gasteiger partial charge in [0, 0.05) is 12.8 Å². The van der Waals surface area contributed by atoms with Crippen LogP contribution in [0.5, 0.6) is 0 Å². The number of hydrogen-bond acceptors (Lipinski definition) is 6. The lowest BCUT2D eigenvalue weighted by Crippen LogP contribution is -2.34. The van der Waals surface area contributed by atoms with Crippen LogP contribution in [0.2, 0.25) is 0 Å². The van der Waals surface area contributed by atoms with Crippen molar-refractivity contribution in [1.82, 2.24) is 9.55 Å². The van der Waals surface area contributed by atoms with Crippen LogP contribution >= 0.6 is 0 Å². The number of aromatic amines is 1. The fourth-order valence-electron chi connectivity index (χ4n) is 5.31. The summed E-state index contributed by atoms with van der Waals surface area (Å²) in [5.41, 5.74) is -1.94. The van der Waals surface area contributed by atoms with Crippen LogP contribution in [0.1, 0.15) is 148 Å². The van der Waals surface area contributed by atoms with Crippen molar-refractivity contribution in [2.75, 3.05) is 6.61 Å². The molecule has 1 saturated heterocycles. The van der Waals surface area contributed by atoms with Gasteiger partial charge in [-0.05, 0) is 6.42 Å². The van der Waals surface area contributed by atoms with Crippen molar-refractivity contribution in [3.8, 4) is 0 Å². The zero-order valence-corrected chi connectivity index (χ0v) is 24.7. The first-order valence-corrected chi connectivity index (χ1v) is 15.9. The van der Waals surface area contributed by atoms with Gasteiger partial charge in [0.15, 0.2) is 0 Å². The fourth-order valence-corrected chi connectivity index (χ4v) is 5.31. The Morgan fingerprint density at radius 2 is 1.38 bits per heavy atom. The molecule has 2 N–H and O–H groups in total. The highest BCUT2D eigenvalue weighted by Crippen LogP contribution is 2.28. The summed E-state index contributed by atoms with van der Waals surface area (Å²) in [7, 11) is 0. The first-order chi connectivity index (χ1) is 19.4. The molecule has 40 heavy (non-hydrogen) atoms. The van der Waals surface area contributed by atoms with Gasteiger partial charge in [-0.25, -0.2) is 4.79 Å². The number of H-pyrrole nitrogens is 1. The Kier molecular flexibility index (Phi) is 17.8. The molecule has 8 nitrogen and oxygen atoms in total. The molecule has 0 saturated carbocycles. The lowest BCUT2D eigenvalue weighted by atomic mass is 10.0. The largest absolute Gasteiger partial charge is 0.463 e. The zero-order chi connectivity index (χ0) is 29.0. The van der Waals surface area contributed by atoms with E-state index >= 15 is 0 Å². The molecule has 230 valence electrons. The summed E-state index contributed by atoms with van der Waals surface area (Å²) in [4.78, 5) is 37.0. The molecule has 0 aromatic carbocycles. The van der Waals surface area contributed by atoms with E-state index in [0.717, 1.165) is 30.0 Å². The van der Waals surface area contributed by atoms with E-state index in [2.05, 4.69) is 6.92 Å². The van der Waals surface area contributed by atoms with Gasteiger partial charge in [-0.15, -0.1) is 0 Å². The van der Waals surface area contributed by atoms with Crippen molar-refractivity contribution in [2.24, 2.45) is 0 Å². The second kappa shape index (κ2) is 20.8. The van der Waals surface area contributed by atoms with Crippen molar-refractivity contribution < 1.29 is 23.8 Å². The number of carbonyl (C=O) groups is 1. The number of aliphatic hydroxyl groups is 1. The minimum Gasteiger partial charge on any atom is -0.463 e. The van der Waals surface area contributed by atoms with E-state index in [-0.39, 0.29) is 19.0 Å². The van der Waals surface area contributed by atoms with E-state index in [1.165, 1.54) is 103 Å². The summed E-state index contributed by atoms with van der Waals surface area (Å²) < 4.78 is 25.2. The van der Waals surface area contributed by atoms with Gasteiger partial charge in [0.1, 0.15) is 18.9 Å². The smallest absolute Gasteiger partial charge is 0.330 e. The summed E-state index contributed by atoms with van der Waals surface area (Å²) in [5.74, 6) is -1.47. The first kappa shape index (κ1) is 34.2. The molecule has 2 rings (SSSR count). The number of halogens is 1. The minimum atomic E-state index is -1.12. The van der Waals surface area contributed by atoms with Crippen molar-refractivity contribution in [3.63, 3.8) is 0 Å². The highest BCUT2D eigenvalue weighted by Gasteiger charge is 2.36. The van der Waals surface area contributed by atoms with Gasteiger partial charge in [-0.2, -0.15) is 4.39 Å². The number of aromatic nitrogens is 2. The van der Waals surface area contributed by atoms with E-state index in [1.54, 1.807) is 0 Å². The number of aliphatic hydroxyl groups excluding tert-OH is 1. The van der Waals surface area contributed by atoms with Crippen LogP contribution in [-0.4, -0.2) is 39.4 Å². The number of nitrogens with one attached hydrogen (secondary N) is 1. The molecule has 0 aliphatic carbocycles. The molecule has 1 aliphatic heterocycles. The molecule has 0 bridgehead atoms. The maximum Gasteiger partial charge on any atom is 0.330 e.